The number of fused-ring (bicyclic) bond motifs is 1. The molecule has 6 nitrogen and oxygen atoms in total. The summed E-state index contributed by atoms with van der Waals surface area (Å²) in [6.45, 7) is 1.66. The van der Waals surface area contributed by atoms with Gasteiger partial charge < -0.3 is 14.4 Å². The zero-order chi connectivity index (χ0) is 14.3. The fourth-order valence-electron chi connectivity index (χ4n) is 2.30. The molecular weight excluding hydrogens is 258 g/mol. The van der Waals surface area contributed by atoms with E-state index in [1.54, 1.807) is 6.20 Å². The molecule has 1 N–H and O–H groups in total. The lowest BCUT2D eigenvalue weighted by Gasteiger charge is -2.18. The van der Waals surface area contributed by atoms with Crippen molar-refractivity contribution in [1.82, 2.24) is 14.3 Å². The van der Waals surface area contributed by atoms with Crippen molar-refractivity contribution in [2.24, 2.45) is 0 Å². The molecule has 2 aromatic rings. The van der Waals surface area contributed by atoms with Gasteiger partial charge in [0.1, 0.15) is 17.9 Å². The molecule has 1 aliphatic carbocycles. The standard InChI is InChI=1S/C14H15N3O3/c1-9-3-2-4-12-15-11(7-16(9)12)14(20)17(8-13(18)19)10-5-6-10/h2-4,7,10H,5-6,8H2,1H3,(H,18,19). The first-order valence-electron chi connectivity index (χ1n) is 6.54. The number of imidazole rings is 1. The van der Waals surface area contributed by atoms with E-state index in [1.165, 1.54) is 4.90 Å². The molecule has 1 saturated carbocycles. The number of nitrogens with zero attached hydrogens (tertiary/aromatic N) is 3. The number of amides is 1. The highest BCUT2D eigenvalue weighted by Crippen LogP contribution is 2.28. The number of carboxylic acids is 1. The van der Waals surface area contributed by atoms with E-state index in [2.05, 4.69) is 4.98 Å². The van der Waals surface area contributed by atoms with Gasteiger partial charge in [-0.05, 0) is 31.9 Å². The van der Waals surface area contributed by atoms with Crippen molar-refractivity contribution < 1.29 is 14.7 Å². The lowest BCUT2D eigenvalue weighted by atomic mass is 10.3. The van der Waals surface area contributed by atoms with Gasteiger partial charge >= 0.3 is 5.97 Å². The molecule has 2 aromatic heterocycles. The van der Waals surface area contributed by atoms with Gasteiger partial charge in [-0.2, -0.15) is 0 Å². The number of aryl methyl sites for hydroxylation is 1. The minimum Gasteiger partial charge on any atom is -0.480 e. The molecule has 0 aliphatic heterocycles. The minimum absolute atomic E-state index is 0.0458. The lowest BCUT2D eigenvalue weighted by molar-refractivity contribution is -0.137. The maximum Gasteiger partial charge on any atom is 0.323 e. The summed E-state index contributed by atoms with van der Waals surface area (Å²) in [6, 6.07) is 5.67. The molecule has 0 spiro atoms. The second-order valence-electron chi connectivity index (χ2n) is 5.08. The third-order valence-corrected chi connectivity index (χ3v) is 3.47. The number of aliphatic carboxylic acids is 1. The Morgan fingerprint density at radius 3 is 2.80 bits per heavy atom. The SMILES string of the molecule is Cc1cccc2nc(C(=O)N(CC(=O)O)C3CC3)cn12. The molecule has 6 heteroatoms. The second kappa shape index (κ2) is 4.63. The van der Waals surface area contributed by atoms with Crippen molar-refractivity contribution in [1.29, 1.82) is 0 Å². The number of hydrogen-bond acceptors (Lipinski definition) is 3. The van der Waals surface area contributed by atoms with Gasteiger partial charge in [0.05, 0.1) is 0 Å². The summed E-state index contributed by atoms with van der Waals surface area (Å²) in [5.74, 6) is -1.30. The van der Waals surface area contributed by atoms with Crippen LogP contribution in [0.15, 0.2) is 24.4 Å². The Morgan fingerprint density at radius 1 is 1.45 bits per heavy atom. The first-order valence-corrected chi connectivity index (χ1v) is 6.54. The van der Waals surface area contributed by atoms with Crippen LogP contribution in [0.4, 0.5) is 0 Å². The van der Waals surface area contributed by atoms with Crippen LogP contribution >= 0.6 is 0 Å². The van der Waals surface area contributed by atoms with Gasteiger partial charge in [0.15, 0.2) is 0 Å². The zero-order valence-corrected chi connectivity index (χ0v) is 11.1. The number of rotatable bonds is 4. The zero-order valence-electron chi connectivity index (χ0n) is 11.1. The molecule has 3 rings (SSSR count). The Hall–Kier alpha value is -2.37. The summed E-state index contributed by atoms with van der Waals surface area (Å²) < 4.78 is 1.83. The summed E-state index contributed by atoms with van der Waals surface area (Å²) >= 11 is 0. The van der Waals surface area contributed by atoms with E-state index in [9.17, 15) is 9.59 Å². The monoisotopic (exact) mass is 273 g/mol. The van der Waals surface area contributed by atoms with Gasteiger partial charge in [-0.15, -0.1) is 0 Å². The first-order chi connectivity index (χ1) is 9.56. The highest BCUT2D eigenvalue weighted by Gasteiger charge is 2.35. The van der Waals surface area contributed by atoms with E-state index in [0.717, 1.165) is 18.5 Å². The van der Waals surface area contributed by atoms with E-state index in [4.69, 9.17) is 5.11 Å². The molecular formula is C14H15N3O3. The maximum absolute atomic E-state index is 12.4. The van der Waals surface area contributed by atoms with E-state index in [-0.39, 0.29) is 18.5 Å². The highest BCUT2D eigenvalue weighted by atomic mass is 16.4. The van der Waals surface area contributed by atoms with Gasteiger partial charge in [-0.3, -0.25) is 9.59 Å². The summed E-state index contributed by atoms with van der Waals surface area (Å²) in [6.07, 6.45) is 3.40. The molecule has 104 valence electrons. The van der Waals surface area contributed by atoms with Crippen LogP contribution in [0.2, 0.25) is 0 Å². The predicted molar refractivity (Wildman–Crippen MR) is 71.6 cm³/mol. The summed E-state index contributed by atoms with van der Waals surface area (Å²) in [5.41, 5.74) is 1.97. The van der Waals surface area contributed by atoms with Crippen molar-refractivity contribution in [3.05, 3.63) is 35.8 Å². The topological polar surface area (TPSA) is 74.9 Å². The summed E-state index contributed by atoms with van der Waals surface area (Å²) in [4.78, 5) is 29.0. The van der Waals surface area contributed by atoms with Crippen LogP contribution in [0.25, 0.3) is 5.65 Å². The summed E-state index contributed by atoms with van der Waals surface area (Å²) in [7, 11) is 0. The van der Waals surface area contributed by atoms with E-state index in [1.807, 2.05) is 29.5 Å². The van der Waals surface area contributed by atoms with Gasteiger partial charge in [-0.1, -0.05) is 6.07 Å². The second-order valence-corrected chi connectivity index (χ2v) is 5.08. The maximum atomic E-state index is 12.4. The average Bonchev–Trinajstić information content (AvgIpc) is 3.14. The van der Waals surface area contributed by atoms with Crippen LogP contribution in [0, 0.1) is 6.92 Å². The molecule has 20 heavy (non-hydrogen) atoms. The van der Waals surface area contributed by atoms with Gasteiger partial charge in [0, 0.05) is 17.9 Å². The number of hydrogen-bond donors (Lipinski definition) is 1. The van der Waals surface area contributed by atoms with Crippen molar-refractivity contribution in [3.63, 3.8) is 0 Å². The molecule has 0 saturated heterocycles. The number of aromatic nitrogens is 2. The van der Waals surface area contributed by atoms with E-state index >= 15 is 0 Å². The molecule has 0 atom stereocenters. The van der Waals surface area contributed by atoms with Crippen molar-refractivity contribution in [2.75, 3.05) is 6.54 Å². The fraction of sp³-hybridized carbons (Fsp3) is 0.357. The number of carbonyl (C=O) groups is 2. The molecule has 0 unspecified atom stereocenters. The van der Waals surface area contributed by atoms with E-state index in [0.29, 0.717) is 11.3 Å². The fourth-order valence-corrected chi connectivity index (χ4v) is 2.30. The van der Waals surface area contributed by atoms with Crippen molar-refractivity contribution in [3.8, 4) is 0 Å². The first kappa shape index (κ1) is 12.7. The number of pyridine rings is 1. The molecule has 0 aromatic carbocycles. The molecule has 0 radical (unpaired) electrons. The van der Waals surface area contributed by atoms with Gasteiger partial charge in [-0.25, -0.2) is 4.98 Å². The average molecular weight is 273 g/mol. The van der Waals surface area contributed by atoms with Crippen LogP contribution in [0.5, 0.6) is 0 Å². The van der Waals surface area contributed by atoms with Crippen LogP contribution in [0.3, 0.4) is 0 Å². The Bertz CT molecular complexity index is 688. The third-order valence-electron chi connectivity index (χ3n) is 3.47. The third kappa shape index (κ3) is 2.24. The summed E-state index contributed by atoms with van der Waals surface area (Å²) in [5, 5.41) is 8.92. The smallest absolute Gasteiger partial charge is 0.323 e. The van der Waals surface area contributed by atoms with Crippen molar-refractivity contribution >= 4 is 17.5 Å². The van der Waals surface area contributed by atoms with E-state index < -0.39 is 5.97 Å². The van der Waals surface area contributed by atoms with Crippen LogP contribution in [0.1, 0.15) is 29.0 Å². The molecule has 0 bridgehead atoms. The molecule has 2 heterocycles. The molecule has 1 amide bonds. The number of carboxylic acid groups (broad SMARTS) is 1. The highest BCUT2D eigenvalue weighted by molar-refractivity contribution is 5.95. The predicted octanol–water partition coefficient (Wildman–Crippen LogP) is 1.33. The quantitative estimate of drug-likeness (QED) is 0.912. The Labute approximate surface area is 115 Å². The van der Waals surface area contributed by atoms with Crippen LogP contribution in [-0.2, 0) is 4.79 Å². The molecule has 1 aliphatic rings. The minimum atomic E-state index is -0.995. The van der Waals surface area contributed by atoms with Crippen LogP contribution < -0.4 is 0 Å². The normalized spacial score (nSPS) is 14.4. The van der Waals surface area contributed by atoms with Gasteiger partial charge in [0.25, 0.3) is 5.91 Å². The molecule has 1 fully saturated rings. The van der Waals surface area contributed by atoms with Crippen LogP contribution in [-0.4, -0.2) is 43.9 Å². The largest absolute Gasteiger partial charge is 0.480 e. The van der Waals surface area contributed by atoms with Crippen molar-refractivity contribution in [2.45, 2.75) is 25.8 Å². The number of carbonyl (C=O) groups excluding carboxylic acids is 1. The Balaban J connectivity index is 1.94. The lowest BCUT2D eigenvalue weighted by Crippen LogP contribution is -2.37. The Morgan fingerprint density at radius 2 is 2.20 bits per heavy atom. The van der Waals surface area contributed by atoms with Gasteiger partial charge in [0.2, 0.25) is 0 Å². The Kier molecular flexibility index (Phi) is 2.93.